The summed E-state index contributed by atoms with van der Waals surface area (Å²) >= 11 is 6.21. The fourth-order valence-electron chi connectivity index (χ4n) is 3.90. The van der Waals surface area contributed by atoms with Crippen LogP contribution < -0.4 is 5.32 Å². The quantitative estimate of drug-likeness (QED) is 0.489. The molecule has 2 fully saturated rings. The zero-order valence-corrected chi connectivity index (χ0v) is 16.1. The Morgan fingerprint density at radius 2 is 1.86 bits per heavy atom. The number of hydrogen-bond donors (Lipinski definition) is 1. The molecule has 5 rings (SSSR count). The summed E-state index contributed by atoms with van der Waals surface area (Å²) in [6.07, 6.45) is 5.40. The van der Waals surface area contributed by atoms with Gasteiger partial charge in [-0.1, -0.05) is 48.0 Å². The molecule has 5 heteroatoms. The van der Waals surface area contributed by atoms with Crippen molar-refractivity contribution in [1.29, 1.82) is 0 Å². The van der Waals surface area contributed by atoms with Gasteiger partial charge in [0.2, 0.25) is 0 Å². The van der Waals surface area contributed by atoms with Gasteiger partial charge >= 0.3 is 0 Å². The average molecular weight is 399 g/mol. The zero-order chi connectivity index (χ0) is 19.3. The van der Waals surface area contributed by atoms with E-state index in [1.54, 1.807) is 12.1 Å². The number of aromatic nitrogens is 1. The molecule has 0 unspecified atom stereocenters. The van der Waals surface area contributed by atoms with Gasteiger partial charge in [0.15, 0.2) is 0 Å². The van der Waals surface area contributed by atoms with Crippen molar-refractivity contribution in [2.24, 2.45) is 5.92 Å². The van der Waals surface area contributed by atoms with E-state index in [9.17, 15) is 8.78 Å². The van der Waals surface area contributed by atoms with Crippen molar-refractivity contribution < 1.29 is 8.78 Å². The highest BCUT2D eigenvalue weighted by molar-refractivity contribution is 6.31. The van der Waals surface area contributed by atoms with Gasteiger partial charge in [-0.25, -0.2) is 13.8 Å². The van der Waals surface area contributed by atoms with Crippen molar-refractivity contribution in [2.75, 3.05) is 5.32 Å². The van der Waals surface area contributed by atoms with Crippen molar-refractivity contribution in [3.05, 3.63) is 70.4 Å². The first-order chi connectivity index (χ1) is 13.5. The molecule has 0 saturated heterocycles. The minimum Gasteiger partial charge on any atom is -0.366 e. The molecule has 0 amide bonds. The predicted octanol–water partition coefficient (Wildman–Crippen LogP) is 6.88. The lowest BCUT2D eigenvalue weighted by atomic mass is 10.0. The van der Waals surface area contributed by atoms with Crippen LogP contribution in [0.5, 0.6) is 0 Å². The van der Waals surface area contributed by atoms with Gasteiger partial charge < -0.3 is 5.32 Å². The Morgan fingerprint density at radius 3 is 2.57 bits per heavy atom. The monoisotopic (exact) mass is 398 g/mol. The molecule has 28 heavy (non-hydrogen) atoms. The maximum atomic E-state index is 14.4. The van der Waals surface area contributed by atoms with Gasteiger partial charge in [-0.3, -0.25) is 0 Å². The highest BCUT2D eigenvalue weighted by Gasteiger charge is 2.48. The summed E-state index contributed by atoms with van der Waals surface area (Å²) in [6.45, 7) is 0.500. The average Bonchev–Trinajstić information content (AvgIpc) is 3.57. The topological polar surface area (TPSA) is 24.9 Å². The smallest absolute Gasteiger partial charge is 0.277 e. The highest BCUT2D eigenvalue weighted by atomic mass is 35.5. The maximum absolute atomic E-state index is 14.4. The van der Waals surface area contributed by atoms with Gasteiger partial charge in [-0.2, -0.15) is 0 Å². The second kappa shape index (κ2) is 6.70. The highest BCUT2D eigenvalue weighted by Crippen LogP contribution is 2.51. The van der Waals surface area contributed by atoms with Crippen LogP contribution in [0.25, 0.3) is 10.8 Å². The van der Waals surface area contributed by atoms with Gasteiger partial charge in [0, 0.05) is 35.2 Å². The molecule has 0 bridgehead atoms. The van der Waals surface area contributed by atoms with Crippen molar-refractivity contribution in [3.8, 4) is 0 Å². The number of fused-ring (bicyclic) bond motifs is 1. The number of benzene rings is 2. The normalized spacial score (nSPS) is 17.1. The molecular formula is C23H21ClF2N2. The van der Waals surface area contributed by atoms with Crippen molar-refractivity contribution in [2.45, 2.75) is 44.1 Å². The van der Waals surface area contributed by atoms with Crippen LogP contribution in [0.15, 0.2) is 48.7 Å². The Morgan fingerprint density at radius 1 is 1.07 bits per heavy atom. The zero-order valence-electron chi connectivity index (χ0n) is 15.4. The number of hydrogen-bond acceptors (Lipinski definition) is 2. The van der Waals surface area contributed by atoms with Crippen LogP contribution in [0.4, 0.5) is 14.6 Å². The van der Waals surface area contributed by atoms with Crippen molar-refractivity contribution in [1.82, 2.24) is 4.98 Å². The van der Waals surface area contributed by atoms with Crippen molar-refractivity contribution in [3.63, 3.8) is 0 Å². The van der Waals surface area contributed by atoms with E-state index in [2.05, 4.69) is 28.5 Å². The standard InChI is InChI=1S/C23H21ClF2N2/c24-20-11-14(5-10-19(20)23(25,26)17-8-9-17)12-27-22-21(15-6-7-15)18-4-2-1-3-16(18)13-28-22/h1-5,10-11,13,15,17H,6-9,12H2,(H,27,28). The lowest BCUT2D eigenvalue weighted by Crippen LogP contribution is -2.17. The molecule has 1 N–H and O–H groups in total. The number of alkyl halides is 2. The minimum absolute atomic E-state index is 0.0529. The number of nitrogens with one attached hydrogen (secondary N) is 1. The lowest BCUT2D eigenvalue weighted by Gasteiger charge is -2.18. The molecule has 0 aliphatic heterocycles. The molecule has 2 saturated carbocycles. The summed E-state index contributed by atoms with van der Waals surface area (Å²) in [5.74, 6) is -1.96. The minimum atomic E-state index is -2.83. The lowest BCUT2D eigenvalue weighted by molar-refractivity contribution is -0.0284. The maximum Gasteiger partial charge on any atom is 0.277 e. The molecule has 3 aromatic rings. The van der Waals surface area contributed by atoms with Crippen LogP contribution in [-0.2, 0) is 12.5 Å². The molecule has 2 aliphatic carbocycles. The van der Waals surface area contributed by atoms with E-state index in [1.165, 1.54) is 29.9 Å². The van der Waals surface area contributed by atoms with Crippen LogP contribution >= 0.6 is 11.6 Å². The van der Waals surface area contributed by atoms with Crippen LogP contribution in [0.3, 0.4) is 0 Å². The van der Waals surface area contributed by atoms with Crippen LogP contribution in [0.2, 0.25) is 5.02 Å². The van der Waals surface area contributed by atoms with E-state index in [1.807, 2.05) is 12.3 Å². The second-order valence-corrected chi connectivity index (χ2v) is 8.35. The molecule has 2 aliphatic rings. The van der Waals surface area contributed by atoms with Crippen LogP contribution in [-0.4, -0.2) is 4.98 Å². The number of pyridine rings is 1. The molecule has 1 heterocycles. The summed E-state index contributed by atoms with van der Waals surface area (Å²) in [6, 6.07) is 13.2. The van der Waals surface area contributed by atoms with Crippen LogP contribution in [0.1, 0.15) is 48.3 Å². The SMILES string of the molecule is FC(F)(c1ccc(CNc2ncc3ccccc3c2C2CC2)cc1Cl)C1CC1. The summed E-state index contributed by atoms with van der Waals surface area (Å²) in [4.78, 5) is 4.63. The molecule has 0 spiro atoms. The van der Waals surface area contributed by atoms with Gasteiger partial charge in [0.25, 0.3) is 5.92 Å². The summed E-state index contributed by atoms with van der Waals surface area (Å²) in [5.41, 5.74) is 2.08. The summed E-state index contributed by atoms with van der Waals surface area (Å²) in [7, 11) is 0. The number of anilines is 1. The Kier molecular flexibility index (Phi) is 4.27. The van der Waals surface area contributed by atoms with E-state index >= 15 is 0 Å². The molecule has 1 aromatic heterocycles. The third-order valence-corrected chi connectivity index (χ3v) is 6.08. The Balaban J connectivity index is 1.39. The Labute approximate surface area is 167 Å². The first-order valence-corrected chi connectivity index (χ1v) is 10.2. The molecule has 144 valence electrons. The second-order valence-electron chi connectivity index (χ2n) is 7.95. The Bertz CT molecular complexity index is 1040. The van der Waals surface area contributed by atoms with Crippen LogP contribution in [0, 0.1) is 5.92 Å². The fourth-order valence-corrected chi connectivity index (χ4v) is 4.23. The first-order valence-electron chi connectivity index (χ1n) is 9.82. The first kappa shape index (κ1) is 17.9. The molecule has 0 atom stereocenters. The van der Waals surface area contributed by atoms with Gasteiger partial charge in [-0.05, 0) is 48.6 Å². The number of rotatable bonds is 6. The summed E-state index contributed by atoms with van der Waals surface area (Å²) in [5, 5.41) is 5.93. The third kappa shape index (κ3) is 3.24. The van der Waals surface area contributed by atoms with E-state index < -0.39 is 11.8 Å². The predicted molar refractivity (Wildman–Crippen MR) is 109 cm³/mol. The van der Waals surface area contributed by atoms with Gasteiger partial charge in [-0.15, -0.1) is 0 Å². The van der Waals surface area contributed by atoms with E-state index in [-0.39, 0.29) is 10.6 Å². The number of halogens is 3. The van der Waals surface area contributed by atoms with E-state index in [0.29, 0.717) is 25.3 Å². The largest absolute Gasteiger partial charge is 0.366 e. The van der Waals surface area contributed by atoms with Crippen molar-refractivity contribution >= 4 is 28.2 Å². The fraction of sp³-hybridized carbons (Fsp3) is 0.348. The number of nitrogens with zero attached hydrogens (tertiary/aromatic N) is 1. The molecular weight excluding hydrogens is 378 g/mol. The van der Waals surface area contributed by atoms with E-state index in [0.717, 1.165) is 16.8 Å². The Hall–Kier alpha value is -2.20. The van der Waals surface area contributed by atoms with Gasteiger partial charge in [0.1, 0.15) is 5.82 Å². The summed E-state index contributed by atoms with van der Waals surface area (Å²) < 4.78 is 28.7. The molecule has 2 nitrogen and oxygen atoms in total. The molecule has 0 radical (unpaired) electrons. The third-order valence-electron chi connectivity index (χ3n) is 5.77. The van der Waals surface area contributed by atoms with Gasteiger partial charge in [0.05, 0.1) is 5.02 Å². The van der Waals surface area contributed by atoms with E-state index in [4.69, 9.17) is 11.6 Å². The molecule has 2 aromatic carbocycles.